The first-order valence-corrected chi connectivity index (χ1v) is 11.3. The highest BCUT2D eigenvalue weighted by molar-refractivity contribution is 5.94. The molecule has 0 fully saturated rings. The minimum absolute atomic E-state index is 0.0541. The first-order valence-electron chi connectivity index (χ1n) is 11.3. The van der Waals surface area contributed by atoms with E-state index in [2.05, 4.69) is 25.6 Å². The van der Waals surface area contributed by atoms with Crippen LogP contribution in [0.25, 0.3) is 22.2 Å². The number of carbonyl (C=O) groups excluding carboxylic acids is 2. The van der Waals surface area contributed by atoms with Crippen molar-refractivity contribution in [3.05, 3.63) is 48.0 Å². The van der Waals surface area contributed by atoms with Gasteiger partial charge in [0.05, 0.1) is 6.54 Å². The fourth-order valence-electron chi connectivity index (χ4n) is 4.09. The summed E-state index contributed by atoms with van der Waals surface area (Å²) in [5.74, 6) is -1.58. The van der Waals surface area contributed by atoms with Gasteiger partial charge in [0.25, 0.3) is 0 Å². The SMILES string of the molecule is CCCC(=O)NCc1cnc2[nH]cc(-c3cncc([C@@](NCC(F)(F)F)(C(N)=O)C(C)C)c3)c2c1. The predicted molar refractivity (Wildman–Crippen MR) is 126 cm³/mol. The molecule has 188 valence electrons. The Labute approximate surface area is 200 Å². The quantitative estimate of drug-likeness (QED) is 0.346. The van der Waals surface area contributed by atoms with Crippen LogP contribution in [0.3, 0.4) is 0 Å². The highest BCUT2D eigenvalue weighted by Gasteiger charge is 2.44. The van der Waals surface area contributed by atoms with Crippen molar-refractivity contribution < 1.29 is 22.8 Å². The number of hydrogen-bond acceptors (Lipinski definition) is 5. The molecule has 0 radical (unpaired) electrons. The topological polar surface area (TPSA) is 126 Å². The summed E-state index contributed by atoms with van der Waals surface area (Å²) in [5.41, 5.74) is 6.74. The molecule has 0 saturated carbocycles. The zero-order valence-electron chi connectivity index (χ0n) is 19.8. The van der Waals surface area contributed by atoms with Crippen LogP contribution >= 0.6 is 0 Å². The second-order valence-electron chi connectivity index (χ2n) is 8.73. The van der Waals surface area contributed by atoms with E-state index in [4.69, 9.17) is 5.73 Å². The molecule has 3 aromatic heterocycles. The maximum Gasteiger partial charge on any atom is 0.401 e. The Bertz CT molecular complexity index is 1210. The number of fused-ring (bicyclic) bond motifs is 1. The van der Waals surface area contributed by atoms with Gasteiger partial charge in [0.15, 0.2) is 0 Å². The number of rotatable bonds is 10. The number of amides is 2. The van der Waals surface area contributed by atoms with Crippen molar-refractivity contribution in [2.24, 2.45) is 11.7 Å². The molecule has 11 heteroatoms. The fourth-order valence-corrected chi connectivity index (χ4v) is 4.09. The zero-order valence-corrected chi connectivity index (χ0v) is 19.8. The lowest BCUT2D eigenvalue weighted by molar-refractivity contribution is -0.139. The van der Waals surface area contributed by atoms with Crippen molar-refractivity contribution in [1.29, 1.82) is 0 Å². The van der Waals surface area contributed by atoms with Crippen LogP contribution in [-0.2, 0) is 21.7 Å². The molecule has 3 aromatic rings. The van der Waals surface area contributed by atoms with E-state index in [1.807, 2.05) is 13.0 Å². The smallest absolute Gasteiger partial charge is 0.368 e. The van der Waals surface area contributed by atoms with Crippen LogP contribution in [0.1, 0.15) is 44.7 Å². The van der Waals surface area contributed by atoms with E-state index >= 15 is 0 Å². The van der Waals surface area contributed by atoms with Crippen molar-refractivity contribution >= 4 is 22.8 Å². The van der Waals surface area contributed by atoms with E-state index < -0.39 is 30.1 Å². The molecule has 0 saturated heterocycles. The molecule has 0 aliphatic carbocycles. The monoisotopic (exact) mass is 490 g/mol. The number of pyridine rings is 2. The molecule has 5 N–H and O–H groups in total. The summed E-state index contributed by atoms with van der Waals surface area (Å²) in [6.07, 6.45) is 2.91. The molecule has 8 nitrogen and oxygen atoms in total. The van der Waals surface area contributed by atoms with E-state index in [1.165, 1.54) is 6.20 Å². The molecule has 0 bridgehead atoms. The molecule has 0 aliphatic rings. The molecule has 0 unspecified atom stereocenters. The standard InChI is InChI=1S/C24H29F3N6O2/c1-4-5-20(34)30-8-15-6-18-19(12-32-21(18)31-9-15)16-7-17(11-29-10-16)24(14(2)3,22(28)35)33-13-23(25,26)27/h6-7,9-12,14,33H,4-5,8,13H2,1-3H3,(H2,28,35)(H,30,34)(H,31,32)/t24-/m1/s1. The van der Waals surface area contributed by atoms with Gasteiger partial charge in [-0.15, -0.1) is 0 Å². The van der Waals surface area contributed by atoms with E-state index in [0.29, 0.717) is 29.7 Å². The van der Waals surface area contributed by atoms with Crippen LogP contribution in [0, 0.1) is 5.92 Å². The van der Waals surface area contributed by atoms with E-state index in [1.54, 1.807) is 38.5 Å². The van der Waals surface area contributed by atoms with Gasteiger partial charge in [-0.25, -0.2) is 4.98 Å². The Kier molecular flexibility index (Phi) is 7.79. The zero-order chi connectivity index (χ0) is 25.8. The molecule has 0 spiro atoms. The molecule has 35 heavy (non-hydrogen) atoms. The Morgan fingerprint density at radius 2 is 1.91 bits per heavy atom. The van der Waals surface area contributed by atoms with Gasteiger partial charge in [0, 0.05) is 59.8 Å². The highest BCUT2D eigenvalue weighted by atomic mass is 19.4. The molecule has 3 heterocycles. The van der Waals surface area contributed by atoms with E-state index in [-0.39, 0.29) is 11.5 Å². The van der Waals surface area contributed by atoms with E-state index in [0.717, 1.165) is 17.4 Å². The fraction of sp³-hybridized carbons (Fsp3) is 0.417. The average Bonchev–Trinajstić information content (AvgIpc) is 3.20. The largest absolute Gasteiger partial charge is 0.401 e. The van der Waals surface area contributed by atoms with Gasteiger partial charge < -0.3 is 16.0 Å². The second kappa shape index (κ2) is 10.4. The second-order valence-corrected chi connectivity index (χ2v) is 8.73. The summed E-state index contributed by atoms with van der Waals surface area (Å²) in [6, 6.07) is 3.48. The third-order valence-corrected chi connectivity index (χ3v) is 5.88. The van der Waals surface area contributed by atoms with E-state index in [9.17, 15) is 22.8 Å². The normalized spacial score (nSPS) is 13.7. The Hall–Kier alpha value is -3.47. The summed E-state index contributed by atoms with van der Waals surface area (Å²) >= 11 is 0. The van der Waals surface area contributed by atoms with Crippen molar-refractivity contribution in [1.82, 2.24) is 25.6 Å². The number of alkyl halides is 3. The molecule has 1 atom stereocenters. The molecule has 2 amide bonds. The summed E-state index contributed by atoms with van der Waals surface area (Å²) in [7, 11) is 0. The number of nitrogens with two attached hydrogens (primary N) is 1. The maximum atomic E-state index is 13.0. The number of primary amides is 1. The molecule has 0 aliphatic heterocycles. The highest BCUT2D eigenvalue weighted by Crippen LogP contribution is 2.34. The lowest BCUT2D eigenvalue weighted by Gasteiger charge is -2.36. The Morgan fingerprint density at radius 3 is 2.54 bits per heavy atom. The number of hydrogen-bond donors (Lipinski definition) is 4. The average molecular weight is 491 g/mol. The minimum Gasteiger partial charge on any atom is -0.368 e. The van der Waals surface area contributed by atoms with Crippen molar-refractivity contribution in [2.75, 3.05) is 6.54 Å². The van der Waals surface area contributed by atoms with Gasteiger partial charge in [-0.3, -0.25) is 19.9 Å². The molecular weight excluding hydrogens is 461 g/mol. The summed E-state index contributed by atoms with van der Waals surface area (Å²) in [5, 5.41) is 5.93. The van der Waals surface area contributed by atoms with Crippen molar-refractivity contribution in [3.8, 4) is 11.1 Å². The van der Waals surface area contributed by atoms with Gasteiger partial charge in [-0.1, -0.05) is 20.8 Å². The third kappa shape index (κ3) is 5.79. The number of aromatic nitrogens is 3. The minimum atomic E-state index is -4.54. The first kappa shape index (κ1) is 26.1. The van der Waals surface area contributed by atoms with Crippen LogP contribution < -0.4 is 16.4 Å². The lowest BCUT2D eigenvalue weighted by atomic mass is 9.79. The van der Waals surface area contributed by atoms with Crippen molar-refractivity contribution in [3.63, 3.8) is 0 Å². The molecular formula is C24H29F3N6O2. The van der Waals surface area contributed by atoms with Crippen LogP contribution in [0.2, 0.25) is 0 Å². The molecule has 0 aromatic carbocycles. The Balaban J connectivity index is 2.01. The van der Waals surface area contributed by atoms with Crippen LogP contribution in [0.4, 0.5) is 13.2 Å². The third-order valence-electron chi connectivity index (χ3n) is 5.88. The van der Waals surface area contributed by atoms with Crippen LogP contribution in [0.5, 0.6) is 0 Å². The van der Waals surface area contributed by atoms with Gasteiger partial charge in [0.1, 0.15) is 11.2 Å². The van der Waals surface area contributed by atoms with Gasteiger partial charge in [0.2, 0.25) is 11.8 Å². The summed E-state index contributed by atoms with van der Waals surface area (Å²) < 4.78 is 39.1. The van der Waals surface area contributed by atoms with Crippen molar-refractivity contribution in [2.45, 2.75) is 51.9 Å². The number of carbonyl (C=O) groups is 2. The first-order chi connectivity index (χ1) is 16.5. The predicted octanol–water partition coefficient (Wildman–Crippen LogP) is 3.53. The number of halogens is 3. The summed E-state index contributed by atoms with van der Waals surface area (Å²) in [4.78, 5) is 36.0. The summed E-state index contributed by atoms with van der Waals surface area (Å²) in [6.45, 7) is 4.09. The van der Waals surface area contributed by atoms with Gasteiger partial charge in [-0.2, -0.15) is 13.2 Å². The number of nitrogens with one attached hydrogen (secondary N) is 3. The maximum absolute atomic E-state index is 13.0. The lowest BCUT2D eigenvalue weighted by Crippen LogP contribution is -2.58. The molecule has 3 rings (SSSR count). The Morgan fingerprint density at radius 1 is 1.17 bits per heavy atom. The number of aromatic amines is 1. The number of nitrogens with zero attached hydrogens (tertiary/aromatic N) is 2. The van der Waals surface area contributed by atoms with Gasteiger partial charge >= 0.3 is 6.18 Å². The number of H-pyrrole nitrogens is 1. The van der Waals surface area contributed by atoms with Gasteiger partial charge in [-0.05, 0) is 30.0 Å². The van der Waals surface area contributed by atoms with Crippen LogP contribution in [-0.4, -0.2) is 39.5 Å². The van der Waals surface area contributed by atoms with Crippen LogP contribution in [0.15, 0.2) is 36.9 Å².